The molecule has 33 heavy (non-hydrogen) atoms. The van der Waals surface area contributed by atoms with Crippen LogP contribution in [0.25, 0.3) is 11.3 Å². The molecule has 0 bridgehead atoms. The van der Waals surface area contributed by atoms with Crippen molar-refractivity contribution < 1.29 is 9.59 Å². The third-order valence-electron chi connectivity index (χ3n) is 5.84. The Labute approximate surface area is 193 Å². The lowest BCUT2D eigenvalue weighted by atomic mass is 10.0. The van der Waals surface area contributed by atoms with Gasteiger partial charge >= 0.3 is 0 Å². The Hall–Kier alpha value is -3.78. The molecular weight excluding hydrogens is 416 g/mol. The lowest BCUT2D eigenvalue weighted by Crippen LogP contribution is -2.44. The number of nitrogens with two attached hydrogens (primary N) is 1. The molecule has 3 aromatic rings. The van der Waals surface area contributed by atoms with Gasteiger partial charge in [-0.25, -0.2) is 9.97 Å². The SMILES string of the molecule is CNC(=O)c1nc(-c2cccc(C(=O)NC3CCN(Cc4ccccc4)CC3)c2)cnc1N. The Bertz CT molecular complexity index is 1130. The largest absolute Gasteiger partial charge is 0.382 e. The summed E-state index contributed by atoms with van der Waals surface area (Å²) in [6, 6.07) is 17.7. The molecule has 2 amide bonds. The van der Waals surface area contributed by atoms with Crippen LogP contribution in [0.2, 0.25) is 0 Å². The van der Waals surface area contributed by atoms with Crippen molar-refractivity contribution in [3.63, 3.8) is 0 Å². The maximum atomic E-state index is 12.9. The van der Waals surface area contributed by atoms with Gasteiger partial charge in [-0.3, -0.25) is 14.5 Å². The molecule has 1 aliphatic rings. The van der Waals surface area contributed by atoms with Gasteiger partial charge in [0.15, 0.2) is 11.5 Å². The van der Waals surface area contributed by atoms with Crippen LogP contribution in [0.15, 0.2) is 60.8 Å². The summed E-state index contributed by atoms with van der Waals surface area (Å²) in [6.45, 7) is 2.83. The molecule has 0 aliphatic carbocycles. The highest BCUT2D eigenvalue weighted by molar-refractivity contribution is 5.97. The van der Waals surface area contributed by atoms with Gasteiger partial charge in [0.1, 0.15) is 0 Å². The number of nitrogen functional groups attached to an aromatic ring is 1. The number of carbonyl (C=O) groups is 2. The van der Waals surface area contributed by atoms with Crippen LogP contribution in [0.5, 0.6) is 0 Å². The number of benzene rings is 2. The summed E-state index contributed by atoms with van der Waals surface area (Å²) < 4.78 is 0. The van der Waals surface area contributed by atoms with E-state index in [2.05, 4.69) is 49.8 Å². The van der Waals surface area contributed by atoms with Gasteiger partial charge < -0.3 is 16.4 Å². The van der Waals surface area contributed by atoms with Crippen molar-refractivity contribution in [3.05, 3.63) is 77.6 Å². The van der Waals surface area contributed by atoms with Gasteiger partial charge in [0.2, 0.25) is 0 Å². The molecule has 8 heteroatoms. The van der Waals surface area contributed by atoms with E-state index in [9.17, 15) is 9.59 Å². The first kappa shape index (κ1) is 22.4. The zero-order chi connectivity index (χ0) is 23.2. The van der Waals surface area contributed by atoms with E-state index in [0.717, 1.165) is 32.5 Å². The normalized spacial score (nSPS) is 14.6. The summed E-state index contributed by atoms with van der Waals surface area (Å²) in [6.07, 6.45) is 3.33. The van der Waals surface area contributed by atoms with E-state index in [1.54, 1.807) is 18.2 Å². The molecule has 0 saturated carbocycles. The summed E-state index contributed by atoms with van der Waals surface area (Å²) in [7, 11) is 1.51. The van der Waals surface area contributed by atoms with Crippen LogP contribution >= 0.6 is 0 Å². The Morgan fingerprint density at radius 1 is 1.06 bits per heavy atom. The van der Waals surface area contributed by atoms with Crippen molar-refractivity contribution in [3.8, 4) is 11.3 Å². The van der Waals surface area contributed by atoms with Crippen LogP contribution in [-0.2, 0) is 6.54 Å². The Morgan fingerprint density at radius 2 is 1.82 bits per heavy atom. The van der Waals surface area contributed by atoms with Crippen molar-refractivity contribution in [2.24, 2.45) is 0 Å². The van der Waals surface area contributed by atoms with Gasteiger partial charge in [-0.15, -0.1) is 0 Å². The van der Waals surface area contributed by atoms with Crippen LogP contribution < -0.4 is 16.4 Å². The molecule has 2 heterocycles. The molecule has 170 valence electrons. The number of likely N-dealkylation sites (tertiary alicyclic amines) is 1. The summed E-state index contributed by atoms with van der Waals surface area (Å²) in [5.74, 6) is -0.465. The molecule has 2 aromatic carbocycles. The third kappa shape index (κ3) is 5.53. The molecule has 4 rings (SSSR count). The number of carbonyl (C=O) groups excluding carboxylic acids is 2. The second-order valence-electron chi connectivity index (χ2n) is 8.16. The van der Waals surface area contributed by atoms with Crippen molar-refractivity contribution in [1.29, 1.82) is 0 Å². The van der Waals surface area contributed by atoms with E-state index in [0.29, 0.717) is 16.8 Å². The lowest BCUT2D eigenvalue weighted by Gasteiger charge is -2.32. The quantitative estimate of drug-likeness (QED) is 0.538. The number of rotatable bonds is 6. The average Bonchev–Trinajstić information content (AvgIpc) is 2.86. The van der Waals surface area contributed by atoms with Gasteiger partial charge in [0.25, 0.3) is 11.8 Å². The minimum absolute atomic E-state index is 0.0607. The standard InChI is InChI=1S/C25H28N6O2/c1-27-25(33)22-23(26)28-15-21(30-22)18-8-5-9-19(14-18)24(32)29-20-10-12-31(13-11-20)16-17-6-3-2-4-7-17/h2-9,14-15,20H,10-13,16H2,1H3,(H2,26,28)(H,27,33)(H,29,32). The molecule has 4 N–H and O–H groups in total. The molecule has 0 radical (unpaired) electrons. The molecule has 0 unspecified atom stereocenters. The first-order valence-corrected chi connectivity index (χ1v) is 11.1. The first-order valence-electron chi connectivity index (χ1n) is 11.1. The highest BCUT2D eigenvalue weighted by Gasteiger charge is 2.21. The van der Waals surface area contributed by atoms with Gasteiger partial charge in [0, 0.05) is 43.9 Å². The van der Waals surface area contributed by atoms with Gasteiger partial charge in [0.05, 0.1) is 11.9 Å². The summed E-state index contributed by atoms with van der Waals surface area (Å²) in [5.41, 5.74) is 8.86. The van der Waals surface area contributed by atoms with Crippen molar-refractivity contribution in [2.75, 3.05) is 25.9 Å². The summed E-state index contributed by atoms with van der Waals surface area (Å²) in [5, 5.41) is 5.66. The minimum Gasteiger partial charge on any atom is -0.382 e. The smallest absolute Gasteiger partial charge is 0.273 e. The Balaban J connectivity index is 1.38. The predicted molar refractivity (Wildman–Crippen MR) is 127 cm³/mol. The van der Waals surface area contributed by atoms with Gasteiger partial charge in [-0.2, -0.15) is 0 Å². The zero-order valence-electron chi connectivity index (χ0n) is 18.6. The molecule has 8 nitrogen and oxygen atoms in total. The molecule has 1 fully saturated rings. The first-order chi connectivity index (χ1) is 16.0. The second kappa shape index (κ2) is 10.2. The van der Waals surface area contributed by atoms with Crippen molar-refractivity contribution in [1.82, 2.24) is 25.5 Å². The van der Waals surface area contributed by atoms with Crippen LogP contribution in [0.1, 0.15) is 39.3 Å². The summed E-state index contributed by atoms with van der Waals surface area (Å²) >= 11 is 0. The molecule has 0 spiro atoms. The van der Waals surface area contributed by atoms with Crippen molar-refractivity contribution >= 4 is 17.6 Å². The Morgan fingerprint density at radius 3 is 2.55 bits per heavy atom. The van der Waals surface area contributed by atoms with Gasteiger partial charge in [-0.1, -0.05) is 42.5 Å². The van der Waals surface area contributed by atoms with E-state index in [-0.39, 0.29) is 23.5 Å². The van der Waals surface area contributed by atoms with E-state index in [4.69, 9.17) is 5.73 Å². The van der Waals surface area contributed by atoms with E-state index >= 15 is 0 Å². The van der Waals surface area contributed by atoms with Crippen LogP contribution in [0.3, 0.4) is 0 Å². The van der Waals surface area contributed by atoms with E-state index in [1.807, 2.05) is 12.1 Å². The fourth-order valence-electron chi connectivity index (χ4n) is 3.99. The average molecular weight is 445 g/mol. The number of amides is 2. The lowest BCUT2D eigenvalue weighted by molar-refractivity contribution is 0.0907. The predicted octanol–water partition coefficient (Wildman–Crippen LogP) is 2.48. The number of nitrogens with zero attached hydrogens (tertiary/aromatic N) is 3. The van der Waals surface area contributed by atoms with Crippen molar-refractivity contribution in [2.45, 2.75) is 25.4 Å². The maximum absolute atomic E-state index is 12.9. The number of hydrogen-bond acceptors (Lipinski definition) is 6. The number of anilines is 1. The Kier molecular flexibility index (Phi) is 6.95. The molecule has 1 aromatic heterocycles. The monoisotopic (exact) mass is 444 g/mol. The van der Waals surface area contributed by atoms with Gasteiger partial charge in [-0.05, 0) is 30.5 Å². The molecular formula is C25H28N6O2. The van der Waals surface area contributed by atoms with Crippen LogP contribution in [-0.4, -0.2) is 52.9 Å². The highest BCUT2D eigenvalue weighted by Crippen LogP contribution is 2.21. The van der Waals surface area contributed by atoms with E-state index in [1.165, 1.54) is 18.8 Å². The second-order valence-corrected chi connectivity index (χ2v) is 8.16. The minimum atomic E-state index is -0.408. The number of hydrogen-bond donors (Lipinski definition) is 3. The number of aromatic nitrogens is 2. The highest BCUT2D eigenvalue weighted by atomic mass is 16.2. The fraction of sp³-hybridized carbons (Fsp3) is 0.280. The number of piperidine rings is 1. The third-order valence-corrected chi connectivity index (χ3v) is 5.84. The topological polar surface area (TPSA) is 113 Å². The fourth-order valence-corrected chi connectivity index (χ4v) is 3.99. The molecule has 1 saturated heterocycles. The maximum Gasteiger partial charge on any atom is 0.273 e. The number of nitrogens with one attached hydrogen (secondary N) is 2. The van der Waals surface area contributed by atoms with Crippen LogP contribution in [0, 0.1) is 0 Å². The summed E-state index contributed by atoms with van der Waals surface area (Å²) in [4.78, 5) is 35.7. The van der Waals surface area contributed by atoms with E-state index < -0.39 is 5.91 Å². The zero-order valence-corrected chi connectivity index (χ0v) is 18.6. The molecule has 1 aliphatic heterocycles. The van der Waals surface area contributed by atoms with Crippen LogP contribution in [0.4, 0.5) is 5.82 Å². The molecule has 0 atom stereocenters.